The van der Waals surface area contributed by atoms with E-state index in [4.69, 9.17) is 22.1 Å². The lowest BCUT2D eigenvalue weighted by Gasteiger charge is -2.31. The van der Waals surface area contributed by atoms with Crippen molar-refractivity contribution in [1.29, 1.82) is 0 Å². The van der Waals surface area contributed by atoms with E-state index < -0.39 is 5.54 Å². The van der Waals surface area contributed by atoms with Crippen LogP contribution >= 0.6 is 24.0 Å². The van der Waals surface area contributed by atoms with Crippen LogP contribution in [-0.2, 0) is 16.0 Å². The number of ether oxygens (including phenoxy) is 1. The summed E-state index contributed by atoms with van der Waals surface area (Å²) in [6.45, 7) is 1.44. The molecule has 1 aromatic carbocycles. The van der Waals surface area contributed by atoms with Crippen LogP contribution in [0.25, 0.3) is 0 Å². The van der Waals surface area contributed by atoms with Crippen LogP contribution in [0.4, 0.5) is 4.39 Å². The molecular formula is C14H19Cl2FN2O2. The molecule has 2 rings (SSSR count). The van der Waals surface area contributed by atoms with Gasteiger partial charge < -0.3 is 15.8 Å². The topological polar surface area (TPSA) is 64.4 Å². The highest BCUT2D eigenvalue weighted by atomic mass is 35.5. The Kier molecular flexibility index (Phi) is 6.87. The standard InChI is InChI=1S/C14H18ClFN2O2.ClH/c15-12-9-11(16)2-1-10(12)3-6-18-13(19)14(17)4-7-20-8-5-14;/h1-2,9H,3-8,17H2,(H,18,19);1H. The molecule has 7 heteroatoms. The van der Waals surface area contributed by atoms with E-state index in [1.807, 2.05) is 0 Å². The third-order valence-corrected chi connectivity index (χ3v) is 3.88. The van der Waals surface area contributed by atoms with Crippen molar-refractivity contribution in [2.45, 2.75) is 24.8 Å². The molecule has 0 saturated carbocycles. The Morgan fingerprint density at radius 1 is 1.43 bits per heavy atom. The normalized spacial score (nSPS) is 16.9. The fourth-order valence-corrected chi connectivity index (χ4v) is 2.44. The van der Waals surface area contributed by atoms with Crippen LogP contribution < -0.4 is 11.1 Å². The van der Waals surface area contributed by atoms with Crippen molar-refractivity contribution >= 4 is 29.9 Å². The SMILES string of the molecule is Cl.NC1(C(=O)NCCc2ccc(F)cc2Cl)CCOCC1. The van der Waals surface area contributed by atoms with E-state index in [1.54, 1.807) is 6.07 Å². The average molecular weight is 337 g/mol. The number of carbonyl (C=O) groups is 1. The minimum Gasteiger partial charge on any atom is -0.381 e. The van der Waals surface area contributed by atoms with Crippen LogP contribution in [0.3, 0.4) is 0 Å². The van der Waals surface area contributed by atoms with Gasteiger partial charge in [0.25, 0.3) is 0 Å². The second-order valence-electron chi connectivity index (χ2n) is 5.01. The number of nitrogens with one attached hydrogen (secondary N) is 1. The highest BCUT2D eigenvalue weighted by Gasteiger charge is 2.35. The van der Waals surface area contributed by atoms with Crippen molar-refractivity contribution in [3.63, 3.8) is 0 Å². The van der Waals surface area contributed by atoms with E-state index in [0.29, 0.717) is 44.0 Å². The summed E-state index contributed by atoms with van der Waals surface area (Å²) in [5.74, 6) is -0.537. The van der Waals surface area contributed by atoms with Gasteiger partial charge in [-0.3, -0.25) is 4.79 Å². The van der Waals surface area contributed by atoms with E-state index in [1.165, 1.54) is 12.1 Å². The van der Waals surface area contributed by atoms with Crippen molar-refractivity contribution in [3.8, 4) is 0 Å². The third-order valence-electron chi connectivity index (χ3n) is 3.53. The van der Waals surface area contributed by atoms with Gasteiger partial charge in [0, 0.05) is 24.8 Å². The maximum atomic E-state index is 12.9. The first-order chi connectivity index (χ1) is 9.51. The molecule has 0 spiro atoms. The lowest BCUT2D eigenvalue weighted by Crippen LogP contribution is -2.57. The average Bonchev–Trinajstić information content (AvgIpc) is 2.42. The van der Waals surface area contributed by atoms with Gasteiger partial charge in [0.2, 0.25) is 5.91 Å². The summed E-state index contributed by atoms with van der Waals surface area (Å²) >= 11 is 5.93. The molecule has 1 saturated heterocycles. The van der Waals surface area contributed by atoms with Crippen molar-refractivity contribution < 1.29 is 13.9 Å². The first-order valence-electron chi connectivity index (χ1n) is 6.60. The zero-order valence-electron chi connectivity index (χ0n) is 11.5. The summed E-state index contributed by atoms with van der Waals surface area (Å²) in [6.07, 6.45) is 1.59. The Morgan fingerprint density at radius 3 is 2.71 bits per heavy atom. The quantitative estimate of drug-likeness (QED) is 0.884. The molecule has 0 aliphatic carbocycles. The molecule has 21 heavy (non-hydrogen) atoms. The Labute approximate surface area is 134 Å². The molecule has 1 fully saturated rings. The molecular weight excluding hydrogens is 318 g/mol. The van der Waals surface area contributed by atoms with E-state index >= 15 is 0 Å². The van der Waals surface area contributed by atoms with Crippen LogP contribution in [0, 0.1) is 5.82 Å². The van der Waals surface area contributed by atoms with Crippen molar-refractivity contribution in [2.75, 3.05) is 19.8 Å². The molecule has 1 aromatic rings. The Morgan fingerprint density at radius 2 is 2.10 bits per heavy atom. The minimum absolute atomic E-state index is 0. The van der Waals surface area contributed by atoms with E-state index in [2.05, 4.69) is 5.32 Å². The van der Waals surface area contributed by atoms with Gasteiger partial charge in [0.15, 0.2) is 0 Å². The molecule has 3 N–H and O–H groups in total. The van der Waals surface area contributed by atoms with Gasteiger partial charge in [-0.2, -0.15) is 0 Å². The first kappa shape index (κ1) is 18.2. The number of hydrogen-bond acceptors (Lipinski definition) is 3. The summed E-state index contributed by atoms with van der Waals surface area (Å²) in [6, 6.07) is 4.24. The van der Waals surface area contributed by atoms with Gasteiger partial charge in [-0.05, 0) is 37.0 Å². The maximum absolute atomic E-state index is 12.9. The van der Waals surface area contributed by atoms with Gasteiger partial charge >= 0.3 is 0 Å². The highest BCUT2D eigenvalue weighted by Crippen LogP contribution is 2.19. The predicted octanol–water partition coefficient (Wildman–Crippen LogP) is 2.07. The summed E-state index contributed by atoms with van der Waals surface area (Å²) in [5, 5.41) is 3.18. The molecule has 1 aliphatic heterocycles. The van der Waals surface area contributed by atoms with E-state index in [9.17, 15) is 9.18 Å². The number of amides is 1. The summed E-state index contributed by atoms with van der Waals surface area (Å²) < 4.78 is 18.1. The molecule has 0 aromatic heterocycles. The molecule has 1 heterocycles. The van der Waals surface area contributed by atoms with Gasteiger partial charge in [-0.25, -0.2) is 4.39 Å². The largest absolute Gasteiger partial charge is 0.381 e. The van der Waals surface area contributed by atoms with Gasteiger partial charge in [0.1, 0.15) is 5.82 Å². The van der Waals surface area contributed by atoms with Crippen LogP contribution in [0.1, 0.15) is 18.4 Å². The highest BCUT2D eigenvalue weighted by molar-refractivity contribution is 6.31. The van der Waals surface area contributed by atoms with Gasteiger partial charge in [-0.15, -0.1) is 12.4 Å². The minimum atomic E-state index is -0.842. The van der Waals surface area contributed by atoms with E-state index in [0.717, 1.165) is 5.56 Å². The van der Waals surface area contributed by atoms with Crippen molar-refractivity contribution in [2.24, 2.45) is 5.73 Å². The third kappa shape index (κ3) is 4.81. The smallest absolute Gasteiger partial charge is 0.240 e. The molecule has 0 radical (unpaired) electrons. The lowest BCUT2D eigenvalue weighted by atomic mass is 9.90. The summed E-state index contributed by atoms with van der Waals surface area (Å²) in [7, 11) is 0. The molecule has 0 atom stereocenters. The molecule has 118 valence electrons. The van der Waals surface area contributed by atoms with Crippen LogP contribution in [0.5, 0.6) is 0 Å². The zero-order chi connectivity index (χ0) is 14.6. The summed E-state index contributed by atoms with van der Waals surface area (Å²) in [4.78, 5) is 12.1. The fourth-order valence-electron chi connectivity index (χ4n) is 2.17. The molecule has 0 unspecified atom stereocenters. The number of rotatable bonds is 4. The van der Waals surface area contributed by atoms with Crippen LogP contribution in [0.15, 0.2) is 18.2 Å². The van der Waals surface area contributed by atoms with Crippen molar-refractivity contribution in [3.05, 3.63) is 34.6 Å². The zero-order valence-corrected chi connectivity index (χ0v) is 13.1. The fraction of sp³-hybridized carbons (Fsp3) is 0.500. The first-order valence-corrected chi connectivity index (χ1v) is 6.98. The number of carbonyl (C=O) groups excluding carboxylic acids is 1. The Bertz CT molecular complexity index is 494. The predicted molar refractivity (Wildman–Crippen MR) is 82.3 cm³/mol. The number of halogens is 3. The van der Waals surface area contributed by atoms with E-state index in [-0.39, 0.29) is 24.1 Å². The Balaban J connectivity index is 0.00000220. The summed E-state index contributed by atoms with van der Waals surface area (Å²) in [5.41, 5.74) is 6.02. The monoisotopic (exact) mass is 336 g/mol. The Hall–Kier alpha value is -0.880. The van der Waals surface area contributed by atoms with Gasteiger partial charge in [0.05, 0.1) is 5.54 Å². The van der Waals surface area contributed by atoms with Crippen LogP contribution in [-0.4, -0.2) is 31.2 Å². The number of hydrogen-bond donors (Lipinski definition) is 2. The van der Waals surface area contributed by atoms with Crippen molar-refractivity contribution in [1.82, 2.24) is 5.32 Å². The molecule has 1 amide bonds. The second-order valence-corrected chi connectivity index (χ2v) is 5.42. The molecule has 0 bridgehead atoms. The van der Waals surface area contributed by atoms with Crippen LogP contribution in [0.2, 0.25) is 5.02 Å². The lowest BCUT2D eigenvalue weighted by molar-refractivity contribution is -0.129. The number of benzene rings is 1. The van der Waals surface area contributed by atoms with Gasteiger partial charge in [-0.1, -0.05) is 17.7 Å². The number of nitrogens with two attached hydrogens (primary N) is 1. The second kappa shape index (κ2) is 7.94. The maximum Gasteiger partial charge on any atom is 0.240 e. The molecule has 1 aliphatic rings. The molecule has 4 nitrogen and oxygen atoms in total.